The minimum Gasteiger partial charge on any atom is -0.319 e. The Bertz CT molecular complexity index is 1480. The molecule has 0 atom stereocenters. The zero-order valence-corrected chi connectivity index (χ0v) is 16.4. The van der Waals surface area contributed by atoms with Gasteiger partial charge in [-0.25, -0.2) is 18.7 Å². The molecule has 0 saturated carbocycles. The van der Waals surface area contributed by atoms with Crippen LogP contribution in [0.4, 0.5) is 14.7 Å². The minimum atomic E-state index is -0.481. The molecule has 1 aromatic carbocycles. The summed E-state index contributed by atoms with van der Waals surface area (Å²) in [6, 6.07) is 10.2. The average Bonchev–Trinajstić information content (AvgIpc) is 3.12. The van der Waals surface area contributed by atoms with E-state index in [1.165, 1.54) is 45.7 Å². The Kier molecular flexibility index (Phi) is 4.62. The maximum absolute atomic E-state index is 13.5. The fourth-order valence-corrected chi connectivity index (χ4v) is 3.45. The monoisotopic (exact) mass is 433 g/mol. The summed E-state index contributed by atoms with van der Waals surface area (Å²) in [4.78, 5) is 21.5. The summed E-state index contributed by atoms with van der Waals surface area (Å²) in [5.74, 6) is -0.926. The second-order valence-electron chi connectivity index (χ2n) is 6.96. The van der Waals surface area contributed by atoms with Gasteiger partial charge in [-0.1, -0.05) is 0 Å². The molecule has 11 heteroatoms. The van der Waals surface area contributed by atoms with E-state index in [0.717, 1.165) is 6.20 Å². The molecule has 0 radical (unpaired) electrons. The third kappa shape index (κ3) is 3.35. The Labute approximate surface area is 178 Å². The van der Waals surface area contributed by atoms with E-state index >= 15 is 0 Å². The van der Waals surface area contributed by atoms with Crippen molar-refractivity contribution in [2.75, 3.05) is 5.73 Å². The van der Waals surface area contributed by atoms with Crippen molar-refractivity contribution < 1.29 is 13.2 Å². The minimum absolute atomic E-state index is 0.0557. The molecule has 0 aliphatic carbocycles. The lowest BCUT2D eigenvalue weighted by Gasteiger charge is -2.08. The van der Waals surface area contributed by atoms with Crippen LogP contribution >= 0.6 is 0 Å². The maximum Gasteiger partial charge on any atom is 0.428 e. The molecule has 158 valence electrons. The van der Waals surface area contributed by atoms with Crippen LogP contribution in [0.1, 0.15) is 5.69 Å². The first-order chi connectivity index (χ1) is 15.5. The van der Waals surface area contributed by atoms with Gasteiger partial charge in [0.1, 0.15) is 23.9 Å². The van der Waals surface area contributed by atoms with E-state index in [4.69, 9.17) is 5.73 Å². The molecular formula is C21H15F2N8O+. The molecule has 4 aromatic heterocycles. The number of hydrogen-bond acceptors (Lipinski definition) is 6. The molecule has 0 aliphatic heterocycles. The van der Waals surface area contributed by atoms with Crippen LogP contribution in [0.15, 0.2) is 65.8 Å². The lowest BCUT2D eigenvalue weighted by molar-refractivity contribution is -0.516. The predicted octanol–water partition coefficient (Wildman–Crippen LogP) is 1.74. The molecule has 0 saturated heterocycles. The van der Waals surface area contributed by atoms with Gasteiger partial charge >= 0.3 is 11.6 Å². The van der Waals surface area contributed by atoms with Crippen molar-refractivity contribution in [1.82, 2.24) is 29.9 Å². The van der Waals surface area contributed by atoms with Crippen LogP contribution < -0.4 is 15.8 Å². The van der Waals surface area contributed by atoms with E-state index in [1.54, 1.807) is 18.2 Å². The Hall–Kier alpha value is -4.54. The number of aromatic amines is 1. The number of anilines is 1. The Morgan fingerprint density at radius 1 is 0.969 bits per heavy atom. The van der Waals surface area contributed by atoms with Crippen LogP contribution in [0.2, 0.25) is 0 Å². The zero-order valence-electron chi connectivity index (χ0n) is 16.4. The van der Waals surface area contributed by atoms with Crippen LogP contribution in [-0.4, -0.2) is 29.9 Å². The highest BCUT2D eigenvalue weighted by molar-refractivity contribution is 5.88. The van der Waals surface area contributed by atoms with Crippen molar-refractivity contribution in [2.24, 2.45) is 0 Å². The summed E-state index contributed by atoms with van der Waals surface area (Å²) < 4.78 is 29.2. The van der Waals surface area contributed by atoms with E-state index < -0.39 is 17.3 Å². The summed E-state index contributed by atoms with van der Waals surface area (Å²) >= 11 is 0. The average molecular weight is 433 g/mol. The van der Waals surface area contributed by atoms with Crippen molar-refractivity contribution in [2.45, 2.75) is 6.54 Å². The number of pyridine rings is 1. The zero-order chi connectivity index (χ0) is 22.2. The van der Waals surface area contributed by atoms with Gasteiger partial charge in [-0.05, 0) is 42.5 Å². The van der Waals surface area contributed by atoms with Gasteiger partial charge in [0.15, 0.2) is 0 Å². The predicted molar refractivity (Wildman–Crippen MR) is 110 cm³/mol. The van der Waals surface area contributed by atoms with Crippen LogP contribution in [-0.2, 0) is 6.54 Å². The number of rotatable bonds is 4. The van der Waals surface area contributed by atoms with E-state index in [0.29, 0.717) is 33.7 Å². The number of benzene rings is 1. The molecule has 5 rings (SSSR count). The molecule has 3 N–H and O–H groups in total. The van der Waals surface area contributed by atoms with Gasteiger partial charge in [0, 0.05) is 11.1 Å². The fraction of sp³-hybridized carbons (Fsp3) is 0.0476. The highest BCUT2D eigenvalue weighted by Crippen LogP contribution is 2.32. The molecule has 0 fully saturated rings. The molecule has 32 heavy (non-hydrogen) atoms. The fourth-order valence-electron chi connectivity index (χ4n) is 3.45. The van der Waals surface area contributed by atoms with Gasteiger partial charge in [-0.15, -0.1) is 9.38 Å². The SMILES string of the molecule is Nc1nc(-c2ccc(F)cc2)c(-c2ccnnc2)c2[nH]n(Cc3ccc(F)cn3)c(=O)[n+]12. The lowest BCUT2D eigenvalue weighted by Crippen LogP contribution is -2.44. The highest BCUT2D eigenvalue weighted by Gasteiger charge is 2.26. The van der Waals surface area contributed by atoms with Gasteiger partial charge in [0.05, 0.1) is 29.8 Å². The van der Waals surface area contributed by atoms with Crippen LogP contribution in [0, 0.1) is 11.6 Å². The number of nitrogens with one attached hydrogen (secondary N) is 1. The number of aromatic nitrogens is 7. The standard InChI is InChI=1S/C21H14F2N8O/c22-14-3-1-12(2-4-14)18-17(13-7-8-26-27-9-13)19-29-30(21(32)31(19)20(24)28-18)11-16-6-5-15(23)10-25-16/h1-10H,11H2,(H2,24,26,28,29)/p+1. The summed E-state index contributed by atoms with van der Waals surface area (Å²) in [5.41, 5.74) is 8.68. The Morgan fingerprint density at radius 2 is 1.75 bits per heavy atom. The first-order valence-corrected chi connectivity index (χ1v) is 9.49. The molecule has 0 unspecified atom stereocenters. The van der Waals surface area contributed by atoms with E-state index in [2.05, 4.69) is 25.3 Å². The molecule has 4 heterocycles. The molecule has 9 nitrogen and oxygen atoms in total. The topological polar surface area (TPSA) is 119 Å². The van der Waals surface area contributed by atoms with Crippen LogP contribution in [0.3, 0.4) is 0 Å². The van der Waals surface area contributed by atoms with Crippen molar-refractivity contribution in [3.8, 4) is 22.4 Å². The van der Waals surface area contributed by atoms with Crippen LogP contribution in [0.5, 0.6) is 0 Å². The summed E-state index contributed by atoms with van der Waals surface area (Å²) in [5, 5.41) is 10.8. The smallest absolute Gasteiger partial charge is 0.319 e. The van der Waals surface area contributed by atoms with Crippen molar-refractivity contribution >= 4 is 11.6 Å². The van der Waals surface area contributed by atoms with Gasteiger partial charge in [0.2, 0.25) is 5.65 Å². The molecule has 0 amide bonds. The number of halogens is 2. The van der Waals surface area contributed by atoms with Gasteiger partial charge in [-0.2, -0.15) is 14.9 Å². The van der Waals surface area contributed by atoms with Crippen LogP contribution in [0.25, 0.3) is 28.0 Å². The molecule has 0 aliphatic rings. The summed E-state index contributed by atoms with van der Waals surface area (Å²) in [6.07, 6.45) is 4.11. The van der Waals surface area contributed by atoms with E-state index in [9.17, 15) is 13.6 Å². The maximum atomic E-state index is 13.5. The summed E-state index contributed by atoms with van der Waals surface area (Å²) in [6.45, 7) is 0.0557. The molecule has 0 spiro atoms. The second-order valence-corrected chi connectivity index (χ2v) is 6.96. The number of nitrogen functional groups attached to an aromatic ring is 1. The van der Waals surface area contributed by atoms with Crippen molar-refractivity contribution in [1.29, 1.82) is 0 Å². The first-order valence-electron chi connectivity index (χ1n) is 9.49. The molecule has 5 aromatic rings. The van der Waals surface area contributed by atoms with Crippen molar-refractivity contribution in [3.63, 3.8) is 0 Å². The third-order valence-electron chi connectivity index (χ3n) is 4.92. The molecule has 0 bridgehead atoms. The molecular weight excluding hydrogens is 418 g/mol. The third-order valence-corrected chi connectivity index (χ3v) is 4.92. The van der Waals surface area contributed by atoms with Gasteiger partial charge < -0.3 is 5.73 Å². The van der Waals surface area contributed by atoms with E-state index in [-0.39, 0.29) is 12.5 Å². The van der Waals surface area contributed by atoms with E-state index in [1.807, 2.05) is 0 Å². The Balaban J connectivity index is 1.77. The van der Waals surface area contributed by atoms with Gasteiger partial charge in [0.25, 0.3) is 0 Å². The Morgan fingerprint density at radius 3 is 2.44 bits per heavy atom. The quantitative estimate of drug-likeness (QED) is 0.417. The summed E-state index contributed by atoms with van der Waals surface area (Å²) in [7, 11) is 0. The number of nitrogens with two attached hydrogens (primary N) is 1. The second kappa shape index (κ2) is 7.61. The van der Waals surface area contributed by atoms with Crippen molar-refractivity contribution in [3.05, 3.63) is 88.9 Å². The number of nitrogens with zero attached hydrogens (tertiary/aromatic N) is 6. The number of H-pyrrole nitrogens is 1. The normalized spacial score (nSPS) is 11.2. The largest absolute Gasteiger partial charge is 0.428 e. The number of hydrogen-bond donors (Lipinski definition) is 2. The lowest BCUT2D eigenvalue weighted by atomic mass is 10.0. The number of fused-ring (bicyclic) bond motifs is 1. The van der Waals surface area contributed by atoms with Gasteiger partial charge in [-0.3, -0.25) is 4.98 Å². The first kappa shape index (κ1) is 19.4. The highest BCUT2D eigenvalue weighted by atomic mass is 19.1.